The van der Waals surface area contributed by atoms with Crippen LogP contribution in [0.15, 0.2) is 84.4 Å². The van der Waals surface area contributed by atoms with E-state index in [1.807, 2.05) is 12.3 Å². The number of aryl methyl sites for hydroxylation is 3. The first-order valence-corrected chi connectivity index (χ1v) is 12.9. The van der Waals surface area contributed by atoms with Crippen molar-refractivity contribution in [2.75, 3.05) is 11.1 Å². The zero-order chi connectivity index (χ0) is 25.7. The Morgan fingerprint density at radius 2 is 1.97 bits per heavy atom. The van der Waals surface area contributed by atoms with Crippen LogP contribution in [-0.2, 0) is 20.0 Å². The van der Waals surface area contributed by atoms with Crippen LogP contribution in [0.4, 0.5) is 11.6 Å². The summed E-state index contributed by atoms with van der Waals surface area (Å²) in [6.07, 6.45) is 21.6. The first kappa shape index (κ1) is 23.3. The Labute approximate surface area is 218 Å². The van der Waals surface area contributed by atoms with Crippen molar-refractivity contribution in [2.45, 2.75) is 40.2 Å². The number of hydrogen-bond donors (Lipinski definition) is 2. The van der Waals surface area contributed by atoms with Gasteiger partial charge in [-0.3, -0.25) is 0 Å². The quantitative estimate of drug-likeness (QED) is 0.322. The van der Waals surface area contributed by atoms with Gasteiger partial charge in [-0.1, -0.05) is 43.4 Å². The van der Waals surface area contributed by atoms with Crippen LogP contribution in [0.1, 0.15) is 35.6 Å². The van der Waals surface area contributed by atoms with E-state index in [4.69, 9.17) is 10.7 Å². The van der Waals surface area contributed by atoms with Gasteiger partial charge in [0.25, 0.3) is 0 Å². The van der Waals surface area contributed by atoms with Crippen molar-refractivity contribution >= 4 is 33.3 Å². The Kier molecular flexibility index (Phi) is 5.52. The minimum atomic E-state index is 0.124. The Hall–Kier alpha value is -4.12. The predicted octanol–water partition coefficient (Wildman–Crippen LogP) is 6.86. The minimum absolute atomic E-state index is 0.124. The molecule has 0 bridgehead atoms. The van der Waals surface area contributed by atoms with Gasteiger partial charge in [0, 0.05) is 42.2 Å². The van der Waals surface area contributed by atoms with Crippen molar-refractivity contribution in [1.29, 1.82) is 0 Å². The van der Waals surface area contributed by atoms with Crippen LogP contribution in [0, 0.1) is 19.3 Å². The van der Waals surface area contributed by atoms with E-state index < -0.39 is 0 Å². The van der Waals surface area contributed by atoms with Crippen LogP contribution < -0.4 is 11.1 Å². The van der Waals surface area contributed by atoms with Gasteiger partial charge in [-0.15, -0.1) is 0 Å². The third kappa shape index (κ3) is 4.05. The summed E-state index contributed by atoms with van der Waals surface area (Å²) < 4.78 is 2.18. The van der Waals surface area contributed by atoms with Crippen molar-refractivity contribution in [3.8, 4) is 0 Å². The first-order chi connectivity index (χ1) is 17.8. The summed E-state index contributed by atoms with van der Waals surface area (Å²) in [7, 11) is 2.10. The molecule has 5 nitrogen and oxygen atoms in total. The van der Waals surface area contributed by atoms with E-state index >= 15 is 0 Å². The van der Waals surface area contributed by atoms with Gasteiger partial charge in [0.1, 0.15) is 11.6 Å². The Morgan fingerprint density at radius 3 is 2.84 bits per heavy atom. The summed E-state index contributed by atoms with van der Waals surface area (Å²) in [6, 6.07) is 6.38. The number of rotatable bonds is 5. The molecule has 2 aliphatic rings. The van der Waals surface area contributed by atoms with E-state index in [1.165, 1.54) is 38.8 Å². The normalized spacial score (nSPS) is 18.7. The van der Waals surface area contributed by atoms with E-state index in [-0.39, 0.29) is 5.41 Å². The lowest BCUT2D eigenvalue weighted by atomic mass is 9.72. The highest BCUT2D eigenvalue weighted by Crippen LogP contribution is 2.41. The first-order valence-electron chi connectivity index (χ1n) is 12.9. The highest BCUT2D eigenvalue weighted by atomic mass is 15.0. The van der Waals surface area contributed by atoms with Crippen molar-refractivity contribution < 1.29 is 0 Å². The van der Waals surface area contributed by atoms with E-state index in [2.05, 4.69) is 97.5 Å². The molecule has 1 unspecified atom stereocenters. The fraction of sp³-hybridized carbons (Fsp3) is 0.250. The summed E-state index contributed by atoms with van der Waals surface area (Å²) in [6.45, 7) is 7.31. The maximum absolute atomic E-state index is 6.13. The maximum Gasteiger partial charge on any atom is 0.131 e. The second-order valence-electron chi connectivity index (χ2n) is 10.7. The number of nitrogens with two attached hydrogens (primary N) is 1. The average molecular weight is 488 g/mol. The second kappa shape index (κ2) is 8.77. The molecule has 6 rings (SSSR count). The number of nitrogens with one attached hydrogen (secondary N) is 1. The number of fused-ring (bicyclic) bond motifs is 3. The second-order valence-corrected chi connectivity index (χ2v) is 10.7. The fourth-order valence-electron chi connectivity index (χ4n) is 5.84. The Balaban J connectivity index is 1.27. The number of hydrogen-bond acceptors (Lipinski definition) is 4. The van der Waals surface area contributed by atoms with Crippen molar-refractivity contribution in [3.05, 3.63) is 107 Å². The molecule has 37 heavy (non-hydrogen) atoms. The van der Waals surface area contributed by atoms with Gasteiger partial charge in [-0.2, -0.15) is 0 Å². The minimum Gasteiger partial charge on any atom is -0.383 e. The lowest BCUT2D eigenvalue weighted by Crippen LogP contribution is -2.19. The van der Waals surface area contributed by atoms with Crippen molar-refractivity contribution in [2.24, 2.45) is 12.5 Å². The highest BCUT2D eigenvalue weighted by molar-refractivity contribution is 5.94. The molecule has 0 spiro atoms. The van der Waals surface area contributed by atoms with Gasteiger partial charge >= 0.3 is 0 Å². The number of anilines is 2. The molecule has 3 aromatic heterocycles. The van der Waals surface area contributed by atoms with Crippen LogP contribution in [-0.4, -0.2) is 14.5 Å². The van der Waals surface area contributed by atoms with E-state index in [0.717, 1.165) is 34.9 Å². The van der Waals surface area contributed by atoms with Crippen molar-refractivity contribution in [3.63, 3.8) is 0 Å². The monoisotopic (exact) mass is 487 g/mol. The molecule has 4 aromatic rings. The molecule has 1 aromatic carbocycles. The topological polar surface area (TPSA) is 68.8 Å². The molecule has 0 amide bonds. The number of nitrogens with zero attached hydrogens (tertiary/aromatic N) is 3. The van der Waals surface area contributed by atoms with Crippen molar-refractivity contribution in [1.82, 2.24) is 14.5 Å². The van der Waals surface area contributed by atoms with Gasteiger partial charge in [-0.25, -0.2) is 9.97 Å². The summed E-state index contributed by atoms with van der Waals surface area (Å²) in [5, 5.41) is 7.00. The molecule has 1 atom stereocenters. The van der Waals surface area contributed by atoms with E-state index in [0.29, 0.717) is 12.4 Å². The lowest BCUT2D eigenvalue weighted by molar-refractivity contribution is 0.522. The summed E-state index contributed by atoms with van der Waals surface area (Å²) in [4.78, 5) is 8.99. The molecular weight excluding hydrogens is 454 g/mol. The van der Waals surface area contributed by atoms with Crippen LogP contribution in [0.5, 0.6) is 0 Å². The largest absolute Gasteiger partial charge is 0.383 e. The van der Waals surface area contributed by atoms with Gasteiger partial charge in [0.05, 0.1) is 11.7 Å². The SMILES string of the molecule is Cc1cc2c(N)nccc2c(C)c1CNc1cc2c(CC3=CCC4(C)C=CC=CC4=C3)cn(C)c2cn1. The Bertz CT molecular complexity index is 1680. The van der Waals surface area contributed by atoms with Crippen LogP contribution in [0.3, 0.4) is 0 Å². The molecule has 0 aliphatic heterocycles. The van der Waals surface area contributed by atoms with Gasteiger partial charge in [0.15, 0.2) is 0 Å². The average Bonchev–Trinajstić information content (AvgIpc) is 3.19. The predicted molar refractivity (Wildman–Crippen MR) is 155 cm³/mol. The van der Waals surface area contributed by atoms with Crippen LogP contribution in [0.2, 0.25) is 0 Å². The number of allylic oxidation sites excluding steroid dienone is 8. The Morgan fingerprint density at radius 1 is 1.11 bits per heavy atom. The number of nitrogen functional groups attached to an aromatic ring is 1. The summed E-state index contributed by atoms with van der Waals surface area (Å²) >= 11 is 0. The molecule has 0 fully saturated rings. The zero-order valence-corrected chi connectivity index (χ0v) is 22.0. The van der Waals surface area contributed by atoms with Crippen LogP contribution >= 0.6 is 0 Å². The summed E-state index contributed by atoms with van der Waals surface area (Å²) in [5.41, 5.74) is 15.2. The molecule has 3 N–H and O–H groups in total. The molecule has 0 radical (unpaired) electrons. The third-order valence-corrected chi connectivity index (χ3v) is 8.15. The number of pyridine rings is 2. The van der Waals surface area contributed by atoms with Gasteiger partial charge < -0.3 is 15.6 Å². The van der Waals surface area contributed by atoms with Crippen LogP contribution in [0.25, 0.3) is 21.7 Å². The molecule has 0 saturated heterocycles. The maximum atomic E-state index is 6.13. The zero-order valence-electron chi connectivity index (χ0n) is 22.0. The molecule has 2 aliphatic carbocycles. The molecule has 186 valence electrons. The standard InChI is InChI=1S/C32H33N5/c1-20-13-27-25(9-12-34-31(27)33)21(2)28(20)17-35-30-16-26-23(19-37(4)29(26)18-36-30)14-22-8-11-32(3)10-6-5-7-24(32)15-22/h5-10,12-13,15-16,18-19H,11,14,17H2,1-4H3,(H2,33,34)(H,35,36). The van der Waals surface area contributed by atoms with Gasteiger partial charge in [0.2, 0.25) is 0 Å². The number of aromatic nitrogens is 3. The summed E-state index contributed by atoms with van der Waals surface area (Å²) in [5.74, 6) is 1.47. The smallest absolute Gasteiger partial charge is 0.131 e. The van der Waals surface area contributed by atoms with E-state index in [1.54, 1.807) is 6.20 Å². The molecule has 0 saturated carbocycles. The molecule has 3 heterocycles. The number of benzene rings is 1. The molecule has 5 heteroatoms. The molecular formula is C32H33N5. The van der Waals surface area contributed by atoms with Gasteiger partial charge in [-0.05, 0) is 83.7 Å². The highest BCUT2D eigenvalue weighted by Gasteiger charge is 2.28. The fourth-order valence-corrected chi connectivity index (χ4v) is 5.84. The third-order valence-electron chi connectivity index (χ3n) is 8.15. The lowest BCUT2D eigenvalue weighted by Gasteiger charge is -2.32. The van der Waals surface area contributed by atoms with E-state index in [9.17, 15) is 0 Å².